The summed E-state index contributed by atoms with van der Waals surface area (Å²) in [5.41, 5.74) is 1.23. The number of hydrogen-bond donors (Lipinski definition) is 2. The molecule has 28 heavy (non-hydrogen) atoms. The van der Waals surface area contributed by atoms with Gasteiger partial charge in [0.2, 0.25) is 5.78 Å². The lowest BCUT2D eigenvalue weighted by Gasteiger charge is -2.09. The molecule has 1 aromatic heterocycles. The molecule has 4 aromatic rings. The molecule has 0 unspecified atom stereocenters. The van der Waals surface area contributed by atoms with Gasteiger partial charge in [-0.1, -0.05) is 42.5 Å². The number of carbonyl (C=O) groups is 1. The monoisotopic (exact) mass is 376 g/mol. The molecule has 0 bridgehead atoms. The fourth-order valence-electron chi connectivity index (χ4n) is 2.97. The zero-order valence-corrected chi connectivity index (χ0v) is 14.5. The molecular weight excluding hydrogens is 362 g/mol. The molecule has 0 amide bonds. The Bertz CT molecular complexity index is 1160. The number of imidazole rings is 1. The Labute approximate surface area is 158 Å². The number of aliphatic hydroxyl groups excluding tert-OH is 1. The highest BCUT2D eigenvalue weighted by Crippen LogP contribution is 2.28. The van der Waals surface area contributed by atoms with Crippen LogP contribution in [0.15, 0.2) is 72.8 Å². The summed E-state index contributed by atoms with van der Waals surface area (Å²) in [6.07, 6.45) is 0. The van der Waals surface area contributed by atoms with Gasteiger partial charge >= 0.3 is 0 Å². The van der Waals surface area contributed by atoms with Gasteiger partial charge in [0.15, 0.2) is 0 Å². The number of aliphatic hydroxyl groups is 1. The third-order valence-corrected chi connectivity index (χ3v) is 4.26. The normalized spacial score (nSPS) is 12.1. The SMILES string of the molecule is O=C(/C(=C(\O)c1cc(F)cc(F)c1)c1nc2ccccc2[nH]1)c1ccccc1. The number of allylic oxidation sites excluding steroid dienone is 1. The quantitative estimate of drug-likeness (QED) is 0.294. The molecule has 0 saturated heterocycles. The predicted molar refractivity (Wildman–Crippen MR) is 103 cm³/mol. The first-order chi connectivity index (χ1) is 13.5. The van der Waals surface area contributed by atoms with Crippen LogP contribution in [0.2, 0.25) is 0 Å². The average molecular weight is 376 g/mol. The number of para-hydroxylation sites is 2. The maximum absolute atomic E-state index is 13.7. The second kappa shape index (κ2) is 7.08. The largest absolute Gasteiger partial charge is 0.506 e. The number of Topliss-reactive ketones (excluding diaryl/α,β-unsaturated/α-hetero) is 1. The van der Waals surface area contributed by atoms with Crippen molar-refractivity contribution in [3.8, 4) is 0 Å². The van der Waals surface area contributed by atoms with Crippen LogP contribution in [0, 0.1) is 11.6 Å². The van der Waals surface area contributed by atoms with E-state index in [2.05, 4.69) is 9.97 Å². The number of nitrogens with zero attached hydrogens (tertiary/aromatic N) is 1. The van der Waals surface area contributed by atoms with Gasteiger partial charge in [0.25, 0.3) is 0 Å². The Morgan fingerprint density at radius 1 is 0.857 bits per heavy atom. The maximum atomic E-state index is 13.7. The van der Waals surface area contributed by atoms with Crippen molar-refractivity contribution >= 4 is 28.1 Å². The van der Waals surface area contributed by atoms with Crippen molar-refractivity contribution in [1.82, 2.24) is 9.97 Å². The molecule has 0 atom stereocenters. The van der Waals surface area contributed by atoms with E-state index in [9.17, 15) is 18.7 Å². The first-order valence-electron chi connectivity index (χ1n) is 8.47. The second-order valence-electron chi connectivity index (χ2n) is 6.18. The molecule has 4 rings (SSSR count). The van der Waals surface area contributed by atoms with Gasteiger partial charge in [-0.15, -0.1) is 0 Å². The Hall–Kier alpha value is -3.80. The molecule has 3 aromatic carbocycles. The van der Waals surface area contributed by atoms with Crippen LogP contribution in [0.4, 0.5) is 8.78 Å². The van der Waals surface area contributed by atoms with Crippen molar-refractivity contribution in [2.24, 2.45) is 0 Å². The molecule has 2 N–H and O–H groups in total. The predicted octanol–water partition coefficient (Wildman–Crippen LogP) is 5.15. The van der Waals surface area contributed by atoms with E-state index in [1.807, 2.05) is 0 Å². The van der Waals surface area contributed by atoms with Gasteiger partial charge in [-0.05, 0) is 24.3 Å². The fraction of sp³-hybridized carbons (Fsp3) is 0. The number of hydrogen-bond acceptors (Lipinski definition) is 3. The Balaban J connectivity index is 1.96. The van der Waals surface area contributed by atoms with Gasteiger partial charge in [0.1, 0.15) is 28.8 Å². The molecule has 138 valence electrons. The maximum Gasteiger partial charge on any atom is 0.200 e. The number of H-pyrrole nitrogens is 1. The highest BCUT2D eigenvalue weighted by atomic mass is 19.1. The number of aromatic nitrogens is 2. The topological polar surface area (TPSA) is 66.0 Å². The number of fused-ring (bicyclic) bond motifs is 1. The van der Waals surface area contributed by atoms with Crippen LogP contribution in [0.1, 0.15) is 21.7 Å². The smallest absolute Gasteiger partial charge is 0.200 e. The zero-order chi connectivity index (χ0) is 19.7. The number of halogens is 2. The number of carbonyl (C=O) groups excluding carboxylic acids is 1. The number of aromatic amines is 1. The van der Waals surface area contributed by atoms with Crippen LogP contribution in [-0.4, -0.2) is 20.9 Å². The minimum Gasteiger partial charge on any atom is -0.506 e. The number of benzene rings is 3. The molecule has 0 radical (unpaired) electrons. The minimum absolute atomic E-state index is 0.109. The Kier molecular flexibility index (Phi) is 4.45. The summed E-state index contributed by atoms with van der Waals surface area (Å²) in [4.78, 5) is 20.5. The lowest BCUT2D eigenvalue weighted by atomic mass is 9.98. The molecule has 0 fully saturated rings. The highest BCUT2D eigenvalue weighted by Gasteiger charge is 2.24. The lowest BCUT2D eigenvalue weighted by molar-refractivity contribution is 0.105. The highest BCUT2D eigenvalue weighted by molar-refractivity contribution is 6.33. The van der Waals surface area contributed by atoms with Crippen LogP contribution in [-0.2, 0) is 0 Å². The van der Waals surface area contributed by atoms with E-state index >= 15 is 0 Å². The third kappa shape index (κ3) is 3.27. The molecule has 0 aliphatic heterocycles. The van der Waals surface area contributed by atoms with Gasteiger partial charge in [-0.25, -0.2) is 13.8 Å². The molecule has 6 heteroatoms. The van der Waals surface area contributed by atoms with E-state index in [1.54, 1.807) is 54.6 Å². The van der Waals surface area contributed by atoms with E-state index in [-0.39, 0.29) is 17.0 Å². The van der Waals surface area contributed by atoms with Crippen LogP contribution in [0.3, 0.4) is 0 Å². The summed E-state index contributed by atoms with van der Waals surface area (Å²) in [5, 5.41) is 10.8. The molecular formula is C22H14F2N2O2. The second-order valence-corrected chi connectivity index (χ2v) is 6.18. The van der Waals surface area contributed by atoms with E-state index in [1.165, 1.54) is 0 Å². The van der Waals surface area contributed by atoms with Gasteiger partial charge < -0.3 is 10.1 Å². The average Bonchev–Trinajstić information content (AvgIpc) is 3.11. The van der Waals surface area contributed by atoms with Gasteiger partial charge in [0, 0.05) is 17.2 Å². The molecule has 4 nitrogen and oxygen atoms in total. The summed E-state index contributed by atoms with van der Waals surface area (Å²) in [6.45, 7) is 0. The summed E-state index contributed by atoms with van der Waals surface area (Å²) in [6, 6.07) is 18.0. The van der Waals surface area contributed by atoms with E-state index in [0.29, 0.717) is 22.7 Å². The molecule has 1 heterocycles. The molecule has 0 saturated carbocycles. The van der Waals surface area contributed by atoms with Gasteiger partial charge in [-0.2, -0.15) is 0 Å². The summed E-state index contributed by atoms with van der Waals surface area (Å²) in [5.74, 6) is -2.71. The third-order valence-electron chi connectivity index (χ3n) is 4.26. The van der Waals surface area contributed by atoms with E-state index < -0.39 is 23.2 Å². The van der Waals surface area contributed by atoms with Gasteiger partial charge in [-0.3, -0.25) is 4.79 Å². The van der Waals surface area contributed by atoms with Crippen LogP contribution < -0.4 is 0 Å². The number of ketones is 1. The van der Waals surface area contributed by atoms with Crippen molar-refractivity contribution in [2.75, 3.05) is 0 Å². The van der Waals surface area contributed by atoms with Gasteiger partial charge in [0.05, 0.1) is 11.0 Å². The van der Waals surface area contributed by atoms with Crippen LogP contribution in [0.25, 0.3) is 22.4 Å². The molecule has 0 spiro atoms. The first-order valence-corrected chi connectivity index (χ1v) is 8.47. The summed E-state index contributed by atoms with van der Waals surface area (Å²) < 4.78 is 27.3. The summed E-state index contributed by atoms with van der Waals surface area (Å²) >= 11 is 0. The first kappa shape index (κ1) is 17.6. The number of nitrogens with one attached hydrogen (secondary N) is 1. The van der Waals surface area contributed by atoms with Crippen molar-refractivity contribution in [1.29, 1.82) is 0 Å². The van der Waals surface area contributed by atoms with Crippen molar-refractivity contribution in [3.63, 3.8) is 0 Å². The van der Waals surface area contributed by atoms with E-state index in [0.717, 1.165) is 12.1 Å². The molecule has 0 aliphatic rings. The van der Waals surface area contributed by atoms with Crippen LogP contribution >= 0.6 is 0 Å². The van der Waals surface area contributed by atoms with E-state index in [4.69, 9.17) is 0 Å². The number of rotatable bonds is 4. The van der Waals surface area contributed by atoms with Crippen molar-refractivity contribution in [2.45, 2.75) is 0 Å². The van der Waals surface area contributed by atoms with Crippen molar-refractivity contribution < 1.29 is 18.7 Å². The molecule has 0 aliphatic carbocycles. The van der Waals surface area contributed by atoms with Crippen LogP contribution in [0.5, 0.6) is 0 Å². The fourth-order valence-corrected chi connectivity index (χ4v) is 2.97. The Morgan fingerprint density at radius 3 is 2.18 bits per heavy atom. The standard InChI is InChI=1S/C22H14F2N2O2/c23-15-10-14(11-16(24)12-15)21(28)19(20(27)13-6-2-1-3-7-13)22-25-17-8-4-5-9-18(17)26-22/h1-12,28H,(H,25,26)/b21-19+. The minimum atomic E-state index is -0.863. The van der Waals surface area contributed by atoms with Crippen molar-refractivity contribution in [3.05, 3.63) is 101 Å². The zero-order valence-electron chi connectivity index (χ0n) is 14.5. The summed E-state index contributed by atoms with van der Waals surface area (Å²) in [7, 11) is 0. The Morgan fingerprint density at radius 2 is 1.50 bits per heavy atom. The lowest BCUT2D eigenvalue weighted by Crippen LogP contribution is -2.07.